The summed E-state index contributed by atoms with van der Waals surface area (Å²) in [5.74, 6) is 1.33. The molecule has 0 bridgehead atoms. The molecule has 0 spiro atoms. The lowest BCUT2D eigenvalue weighted by Gasteiger charge is -2.13. The molecule has 4 heteroatoms. The Kier molecular flexibility index (Phi) is 4.23. The van der Waals surface area contributed by atoms with Gasteiger partial charge >= 0.3 is 0 Å². The molecule has 90 valence electrons. The molecule has 2 aromatic heterocycles. The van der Waals surface area contributed by atoms with Crippen molar-refractivity contribution in [3.63, 3.8) is 0 Å². The van der Waals surface area contributed by atoms with E-state index in [1.54, 1.807) is 11.3 Å². The topological polar surface area (TPSA) is 37.8 Å². The molecule has 0 fully saturated rings. The van der Waals surface area contributed by atoms with Crippen molar-refractivity contribution < 1.29 is 0 Å². The van der Waals surface area contributed by atoms with E-state index in [0.29, 0.717) is 5.92 Å². The van der Waals surface area contributed by atoms with Gasteiger partial charge in [0.1, 0.15) is 5.82 Å². The molecule has 0 saturated heterocycles. The molecule has 0 aliphatic carbocycles. The van der Waals surface area contributed by atoms with Crippen molar-refractivity contribution in [2.24, 2.45) is 0 Å². The van der Waals surface area contributed by atoms with E-state index in [-0.39, 0.29) is 0 Å². The van der Waals surface area contributed by atoms with Crippen LogP contribution in [0, 0.1) is 0 Å². The fourth-order valence-electron chi connectivity index (χ4n) is 1.80. The summed E-state index contributed by atoms with van der Waals surface area (Å²) in [5, 5.41) is 5.27. The maximum absolute atomic E-state index is 4.66. The minimum atomic E-state index is 0.389. The molecule has 1 unspecified atom stereocenters. The highest BCUT2D eigenvalue weighted by Gasteiger charge is 2.12. The fraction of sp³-hybridized carbons (Fsp3) is 0.385. The number of thiophene rings is 1. The Labute approximate surface area is 106 Å². The largest absolute Gasteiger partial charge is 0.319 e. The van der Waals surface area contributed by atoms with Crippen molar-refractivity contribution in [1.29, 1.82) is 0 Å². The van der Waals surface area contributed by atoms with Gasteiger partial charge in [0, 0.05) is 18.7 Å². The summed E-state index contributed by atoms with van der Waals surface area (Å²) in [6.45, 7) is 3.09. The van der Waals surface area contributed by atoms with Gasteiger partial charge in [-0.1, -0.05) is 13.0 Å². The molecular formula is C13H17N3S. The molecule has 2 aromatic rings. The van der Waals surface area contributed by atoms with Crippen LogP contribution in [0.4, 0.5) is 0 Å². The van der Waals surface area contributed by atoms with Crippen molar-refractivity contribution in [2.75, 3.05) is 13.6 Å². The Balaban J connectivity index is 2.27. The molecule has 2 rings (SSSR count). The number of rotatable bonds is 5. The molecule has 0 amide bonds. The molecule has 0 aromatic carbocycles. The molecule has 0 radical (unpaired) electrons. The van der Waals surface area contributed by atoms with Crippen LogP contribution in [-0.2, 0) is 0 Å². The molecule has 2 heterocycles. The monoisotopic (exact) mass is 247 g/mol. The van der Waals surface area contributed by atoms with Gasteiger partial charge in [-0.25, -0.2) is 9.97 Å². The number of nitrogens with one attached hydrogen (secondary N) is 1. The molecule has 3 nitrogen and oxygen atoms in total. The van der Waals surface area contributed by atoms with Crippen LogP contribution in [0.5, 0.6) is 0 Å². The van der Waals surface area contributed by atoms with Gasteiger partial charge in [0.15, 0.2) is 0 Å². The van der Waals surface area contributed by atoms with E-state index in [2.05, 4.69) is 33.7 Å². The predicted octanol–water partition coefficient (Wildman–Crippen LogP) is 2.92. The average molecular weight is 247 g/mol. The summed E-state index contributed by atoms with van der Waals surface area (Å²) < 4.78 is 0. The van der Waals surface area contributed by atoms with E-state index in [1.165, 1.54) is 4.88 Å². The van der Waals surface area contributed by atoms with Crippen LogP contribution >= 0.6 is 11.3 Å². The highest BCUT2D eigenvalue weighted by atomic mass is 32.1. The smallest absolute Gasteiger partial charge is 0.133 e. The fourth-order valence-corrected chi connectivity index (χ4v) is 2.49. The molecular weight excluding hydrogens is 230 g/mol. The first-order valence-corrected chi connectivity index (χ1v) is 6.74. The maximum atomic E-state index is 4.66. The minimum absolute atomic E-state index is 0.389. The Morgan fingerprint density at radius 1 is 1.41 bits per heavy atom. The molecule has 1 N–H and O–H groups in total. The van der Waals surface area contributed by atoms with Crippen LogP contribution < -0.4 is 5.32 Å². The first kappa shape index (κ1) is 12.2. The van der Waals surface area contributed by atoms with Gasteiger partial charge < -0.3 is 5.32 Å². The lowest BCUT2D eigenvalue weighted by Crippen LogP contribution is -2.18. The Hall–Kier alpha value is -1.26. The molecule has 1 atom stereocenters. The van der Waals surface area contributed by atoms with Crippen molar-refractivity contribution in [1.82, 2.24) is 15.3 Å². The third kappa shape index (κ3) is 2.90. The van der Waals surface area contributed by atoms with Gasteiger partial charge in [0.25, 0.3) is 0 Å². The Bertz CT molecular complexity index is 453. The summed E-state index contributed by atoms with van der Waals surface area (Å²) in [7, 11) is 1.96. The van der Waals surface area contributed by atoms with Crippen LogP contribution in [0.1, 0.15) is 25.1 Å². The summed E-state index contributed by atoms with van der Waals surface area (Å²) in [5.41, 5.74) is 1.03. The molecule has 0 aliphatic heterocycles. The summed E-state index contributed by atoms with van der Waals surface area (Å²) in [4.78, 5) is 10.3. The van der Waals surface area contributed by atoms with Crippen molar-refractivity contribution in [3.05, 3.63) is 35.6 Å². The number of likely N-dealkylation sites (N-methyl/N-ethyl adjacent to an activating group) is 1. The average Bonchev–Trinajstić information content (AvgIpc) is 2.90. The van der Waals surface area contributed by atoms with Crippen molar-refractivity contribution in [3.8, 4) is 10.6 Å². The third-order valence-corrected chi connectivity index (χ3v) is 3.65. The lowest BCUT2D eigenvalue weighted by atomic mass is 10.1. The van der Waals surface area contributed by atoms with E-state index in [1.807, 2.05) is 25.4 Å². The van der Waals surface area contributed by atoms with Crippen LogP contribution in [0.3, 0.4) is 0 Å². The van der Waals surface area contributed by atoms with Gasteiger partial charge in [-0.05, 0) is 31.0 Å². The standard InChI is InChI=1S/C13H17N3S/c1-3-10(9-14-2)13-15-7-6-11(16-13)12-5-4-8-17-12/h4-8,10,14H,3,9H2,1-2H3. The normalized spacial score (nSPS) is 12.6. The van der Waals surface area contributed by atoms with E-state index in [9.17, 15) is 0 Å². The van der Waals surface area contributed by atoms with Gasteiger partial charge in [0.2, 0.25) is 0 Å². The summed E-state index contributed by atoms with van der Waals surface area (Å²) >= 11 is 1.71. The highest BCUT2D eigenvalue weighted by Crippen LogP contribution is 2.24. The second-order valence-electron chi connectivity index (χ2n) is 3.94. The van der Waals surface area contributed by atoms with Crippen LogP contribution in [0.15, 0.2) is 29.8 Å². The second-order valence-corrected chi connectivity index (χ2v) is 4.89. The molecule has 17 heavy (non-hydrogen) atoms. The maximum Gasteiger partial charge on any atom is 0.133 e. The summed E-state index contributed by atoms with van der Waals surface area (Å²) in [6.07, 6.45) is 2.91. The second kappa shape index (κ2) is 5.89. The summed E-state index contributed by atoms with van der Waals surface area (Å²) in [6, 6.07) is 6.11. The highest BCUT2D eigenvalue weighted by molar-refractivity contribution is 7.13. The van der Waals surface area contributed by atoms with Crippen molar-refractivity contribution >= 4 is 11.3 Å². The van der Waals surface area contributed by atoms with E-state index >= 15 is 0 Å². The van der Waals surface area contributed by atoms with E-state index < -0.39 is 0 Å². The number of nitrogens with zero attached hydrogens (tertiary/aromatic N) is 2. The van der Waals surface area contributed by atoms with Gasteiger partial charge in [-0.3, -0.25) is 0 Å². The van der Waals surface area contributed by atoms with Gasteiger partial charge in [-0.2, -0.15) is 0 Å². The number of hydrogen-bond acceptors (Lipinski definition) is 4. The number of aromatic nitrogens is 2. The first-order chi connectivity index (χ1) is 8.35. The molecule has 0 saturated carbocycles. The molecule has 0 aliphatic rings. The quantitative estimate of drug-likeness (QED) is 0.882. The van der Waals surface area contributed by atoms with Crippen LogP contribution in [0.25, 0.3) is 10.6 Å². The SMILES string of the molecule is CCC(CNC)c1nccc(-c2cccs2)n1. The van der Waals surface area contributed by atoms with E-state index in [4.69, 9.17) is 0 Å². The zero-order valence-corrected chi connectivity index (χ0v) is 11.0. The van der Waals surface area contributed by atoms with Gasteiger partial charge in [-0.15, -0.1) is 11.3 Å². The Morgan fingerprint density at radius 2 is 2.29 bits per heavy atom. The van der Waals surface area contributed by atoms with Gasteiger partial charge in [0.05, 0.1) is 10.6 Å². The van der Waals surface area contributed by atoms with Crippen molar-refractivity contribution in [2.45, 2.75) is 19.3 Å². The Morgan fingerprint density at radius 3 is 2.94 bits per heavy atom. The minimum Gasteiger partial charge on any atom is -0.319 e. The first-order valence-electron chi connectivity index (χ1n) is 5.86. The zero-order valence-electron chi connectivity index (χ0n) is 10.2. The predicted molar refractivity (Wildman–Crippen MR) is 72.3 cm³/mol. The lowest BCUT2D eigenvalue weighted by molar-refractivity contribution is 0.580. The zero-order chi connectivity index (χ0) is 12.1. The number of hydrogen-bond donors (Lipinski definition) is 1. The van der Waals surface area contributed by atoms with Crippen LogP contribution in [-0.4, -0.2) is 23.6 Å². The van der Waals surface area contributed by atoms with Crippen LogP contribution in [0.2, 0.25) is 0 Å². The van der Waals surface area contributed by atoms with E-state index in [0.717, 1.165) is 24.5 Å². The third-order valence-electron chi connectivity index (χ3n) is 2.76.